The summed E-state index contributed by atoms with van der Waals surface area (Å²) < 4.78 is 25.1. The number of aromatic nitrogens is 1. The normalized spacial score (nSPS) is 21.7. The fraction of sp³-hybridized carbons (Fsp3) is 0.412. The van der Waals surface area contributed by atoms with E-state index in [-0.39, 0.29) is 23.3 Å². The molecule has 4 heterocycles. The molecule has 2 fully saturated rings. The van der Waals surface area contributed by atoms with Gasteiger partial charge in [0.2, 0.25) is 5.88 Å². The van der Waals surface area contributed by atoms with Crippen molar-refractivity contribution in [2.75, 3.05) is 26.3 Å². The van der Waals surface area contributed by atoms with E-state index in [1.54, 1.807) is 4.90 Å². The molecule has 0 N–H and O–H groups in total. The lowest BCUT2D eigenvalue weighted by Crippen LogP contribution is -2.66. The van der Waals surface area contributed by atoms with Crippen molar-refractivity contribution in [3.63, 3.8) is 0 Å². The number of pyridine rings is 1. The molecule has 4 rings (SSSR count). The third-order valence-electron chi connectivity index (χ3n) is 4.68. The molecule has 2 aromatic heterocycles. The second-order valence-electron chi connectivity index (χ2n) is 6.14. The van der Waals surface area contributed by atoms with Crippen LogP contribution < -0.4 is 4.74 Å². The Labute approximate surface area is 143 Å². The van der Waals surface area contributed by atoms with Crippen LogP contribution in [0.15, 0.2) is 35.8 Å². The molecule has 2 aliphatic heterocycles. The number of carbonyl (C=O) groups excluding carboxylic acids is 1. The number of likely N-dealkylation sites (tertiary alicyclic amines) is 1. The average Bonchev–Trinajstić information content (AvgIpc) is 3.21. The number of carbonyl (C=O) groups is 1. The summed E-state index contributed by atoms with van der Waals surface area (Å²) >= 11 is 1.44. The largest absolute Gasteiger partial charge is 0.475 e. The Balaban J connectivity index is 1.38. The standard InChI is InChI=1S/C17H17FN2O3S/c18-13-3-1-6-19-15(13)22-9-12-5-7-23-17(12)10-20(11-17)16(21)14-4-2-8-24-14/h1-4,6,8,12H,5,7,9-11H2. The van der Waals surface area contributed by atoms with Gasteiger partial charge in [-0.15, -0.1) is 11.3 Å². The van der Waals surface area contributed by atoms with Crippen molar-refractivity contribution in [1.29, 1.82) is 0 Å². The number of amides is 1. The fourth-order valence-corrected chi connectivity index (χ4v) is 4.02. The van der Waals surface area contributed by atoms with Crippen molar-refractivity contribution in [1.82, 2.24) is 9.88 Å². The lowest BCUT2D eigenvalue weighted by Gasteiger charge is -2.49. The minimum absolute atomic E-state index is 0.0189. The number of thiophene rings is 1. The van der Waals surface area contributed by atoms with E-state index in [9.17, 15) is 9.18 Å². The van der Waals surface area contributed by atoms with Gasteiger partial charge in [-0.25, -0.2) is 9.37 Å². The third kappa shape index (κ3) is 2.67. The first kappa shape index (κ1) is 15.5. The van der Waals surface area contributed by atoms with Gasteiger partial charge in [-0.05, 0) is 30.0 Å². The zero-order valence-electron chi connectivity index (χ0n) is 13.0. The summed E-state index contributed by atoms with van der Waals surface area (Å²) in [5, 5.41) is 1.90. The Hall–Kier alpha value is -1.99. The zero-order valence-corrected chi connectivity index (χ0v) is 13.8. The molecular weight excluding hydrogens is 331 g/mol. The number of rotatable bonds is 4. The quantitative estimate of drug-likeness (QED) is 0.852. The van der Waals surface area contributed by atoms with Crippen LogP contribution in [0, 0.1) is 11.7 Å². The maximum atomic E-state index is 13.6. The van der Waals surface area contributed by atoms with Crippen molar-refractivity contribution in [3.05, 3.63) is 46.5 Å². The van der Waals surface area contributed by atoms with E-state index in [4.69, 9.17) is 9.47 Å². The van der Waals surface area contributed by atoms with Gasteiger partial charge in [0, 0.05) is 18.7 Å². The smallest absolute Gasteiger partial charge is 0.264 e. The van der Waals surface area contributed by atoms with E-state index in [1.807, 2.05) is 17.5 Å². The van der Waals surface area contributed by atoms with Crippen molar-refractivity contribution in [2.45, 2.75) is 12.0 Å². The van der Waals surface area contributed by atoms with E-state index in [1.165, 1.54) is 29.7 Å². The minimum Gasteiger partial charge on any atom is -0.475 e. The highest BCUT2D eigenvalue weighted by molar-refractivity contribution is 7.12. The van der Waals surface area contributed by atoms with E-state index < -0.39 is 5.82 Å². The summed E-state index contributed by atoms with van der Waals surface area (Å²) in [6.07, 6.45) is 2.35. The zero-order chi connectivity index (χ0) is 16.6. The molecule has 1 amide bonds. The summed E-state index contributed by atoms with van der Waals surface area (Å²) in [6, 6.07) is 6.56. The van der Waals surface area contributed by atoms with Gasteiger partial charge in [0.05, 0.1) is 24.6 Å². The first-order chi connectivity index (χ1) is 11.7. The minimum atomic E-state index is -0.464. The Morgan fingerprint density at radius 3 is 3.08 bits per heavy atom. The van der Waals surface area contributed by atoms with Crippen LogP contribution in [-0.4, -0.2) is 47.7 Å². The van der Waals surface area contributed by atoms with Crippen molar-refractivity contribution < 1.29 is 18.7 Å². The molecule has 0 bridgehead atoms. The highest BCUT2D eigenvalue weighted by Gasteiger charge is 2.54. The SMILES string of the molecule is O=C(c1cccs1)N1CC2(C1)OCCC2COc1ncccc1F. The molecule has 126 valence electrons. The second kappa shape index (κ2) is 6.14. The van der Waals surface area contributed by atoms with Gasteiger partial charge >= 0.3 is 0 Å². The maximum absolute atomic E-state index is 13.6. The Kier molecular flexibility index (Phi) is 3.97. The number of hydrogen-bond donors (Lipinski definition) is 0. The highest BCUT2D eigenvalue weighted by atomic mass is 32.1. The lowest BCUT2D eigenvalue weighted by molar-refractivity contribution is -0.122. The molecule has 0 aliphatic carbocycles. The van der Waals surface area contributed by atoms with Crippen LogP contribution >= 0.6 is 11.3 Å². The second-order valence-corrected chi connectivity index (χ2v) is 7.09. The van der Waals surface area contributed by atoms with Gasteiger partial charge in [0.25, 0.3) is 5.91 Å². The number of ether oxygens (including phenoxy) is 2. The predicted molar refractivity (Wildman–Crippen MR) is 86.7 cm³/mol. The van der Waals surface area contributed by atoms with Crippen LogP contribution in [0.4, 0.5) is 4.39 Å². The first-order valence-electron chi connectivity index (χ1n) is 7.88. The van der Waals surface area contributed by atoms with Crippen LogP contribution in [0.5, 0.6) is 5.88 Å². The van der Waals surface area contributed by atoms with Gasteiger partial charge in [-0.1, -0.05) is 6.07 Å². The van der Waals surface area contributed by atoms with Crippen LogP contribution in [0.3, 0.4) is 0 Å². The number of hydrogen-bond acceptors (Lipinski definition) is 5. The summed E-state index contributed by atoms with van der Waals surface area (Å²) in [5.74, 6) is -0.271. The number of halogens is 1. The topological polar surface area (TPSA) is 51.7 Å². The number of nitrogens with zero attached hydrogens (tertiary/aromatic N) is 2. The van der Waals surface area contributed by atoms with Gasteiger partial charge in [-0.2, -0.15) is 0 Å². The van der Waals surface area contributed by atoms with Gasteiger partial charge in [0.1, 0.15) is 5.60 Å². The predicted octanol–water partition coefficient (Wildman–Crippen LogP) is 2.59. The van der Waals surface area contributed by atoms with Crippen LogP contribution in [-0.2, 0) is 4.74 Å². The van der Waals surface area contributed by atoms with Crippen molar-refractivity contribution >= 4 is 17.2 Å². The summed E-state index contributed by atoms with van der Waals surface area (Å²) in [6.45, 7) is 2.10. The monoisotopic (exact) mass is 348 g/mol. The molecule has 2 saturated heterocycles. The molecule has 24 heavy (non-hydrogen) atoms. The summed E-state index contributed by atoms with van der Waals surface area (Å²) in [5.41, 5.74) is -0.363. The molecule has 5 nitrogen and oxygen atoms in total. The molecule has 2 aromatic rings. The summed E-state index contributed by atoms with van der Waals surface area (Å²) in [7, 11) is 0. The Morgan fingerprint density at radius 1 is 1.46 bits per heavy atom. The van der Waals surface area contributed by atoms with Gasteiger partial charge in [0.15, 0.2) is 5.82 Å². The lowest BCUT2D eigenvalue weighted by atomic mass is 9.81. The highest BCUT2D eigenvalue weighted by Crippen LogP contribution is 2.41. The molecule has 0 aromatic carbocycles. The molecular formula is C17H17FN2O3S. The van der Waals surface area contributed by atoms with Crippen molar-refractivity contribution in [3.8, 4) is 5.88 Å². The summed E-state index contributed by atoms with van der Waals surface area (Å²) in [4.78, 5) is 18.8. The van der Waals surface area contributed by atoms with Gasteiger partial charge < -0.3 is 14.4 Å². The molecule has 1 atom stereocenters. The molecule has 0 radical (unpaired) electrons. The molecule has 1 spiro atoms. The molecule has 7 heteroatoms. The average molecular weight is 348 g/mol. The third-order valence-corrected chi connectivity index (χ3v) is 5.54. The Bertz CT molecular complexity index is 731. The molecule has 1 unspecified atom stereocenters. The maximum Gasteiger partial charge on any atom is 0.264 e. The van der Waals surface area contributed by atoms with Crippen LogP contribution in [0.25, 0.3) is 0 Å². The van der Waals surface area contributed by atoms with Crippen LogP contribution in [0.1, 0.15) is 16.1 Å². The van der Waals surface area contributed by atoms with E-state index in [0.717, 1.165) is 11.3 Å². The fourth-order valence-electron chi connectivity index (χ4n) is 3.33. The van der Waals surface area contributed by atoms with Crippen molar-refractivity contribution in [2.24, 2.45) is 5.92 Å². The molecule has 0 saturated carbocycles. The molecule has 2 aliphatic rings. The van der Waals surface area contributed by atoms with E-state index >= 15 is 0 Å². The Morgan fingerprint density at radius 2 is 2.33 bits per heavy atom. The van der Waals surface area contributed by atoms with Crippen LogP contribution in [0.2, 0.25) is 0 Å². The van der Waals surface area contributed by atoms with E-state index in [2.05, 4.69) is 4.98 Å². The van der Waals surface area contributed by atoms with E-state index in [0.29, 0.717) is 26.3 Å². The van der Waals surface area contributed by atoms with Gasteiger partial charge in [-0.3, -0.25) is 4.79 Å². The first-order valence-corrected chi connectivity index (χ1v) is 8.76.